The number of nitrogens with zero attached hydrogens (tertiary/aromatic N) is 3. The van der Waals surface area contributed by atoms with E-state index in [1.165, 1.54) is 12.4 Å². The fraction of sp³-hybridized carbons (Fsp3) is 0.238. The van der Waals surface area contributed by atoms with Gasteiger partial charge in [-0.25, -0.2) is 18.7 Å². The van der Waals surface area contributed by atoms with E-state index in [1.807, 2.05) is 11.9 Å². The van der Waals surface area contributed by atoms with Gasteiger partial charge in [-0.05, 0) is 31.3 Å². The predicted molar refractivity (Wildman–Crippen MR) is 111 cm³/mol. The van der Waals surface area contributed by atoms with Gasteiger partial charge < -0.3 is 16.0 Å². The third-order valence-electron chi connectivity index (χ3n) is 4.84. The zero-order valence-corrected chi connectivity index (χ0v) is 16.4. The Morgan fingerprint density at radius 2 is 2.14 bits per heavy atom. The molecule has 2 aromatic carbocycles. The van der Waals surface area contributed by atoms with E-state index in [-0.39, 0.29) is 17.3 Å². The van der Waals surface area contributed by atoms with Crippen LogP contribution < -0.4 is 11.1 Å². The minimum atomic E-state index is -1.54. The summed E-state index contributed by atoms with van der Waals surface area (Å²) in [6, 6.07) is 7.98. The zero-order chi connectivity index (χ0) is 20.6. The van der Waals surface area contributed by atoms with Crippen LogP contribution in [0.15, 0.2) is 36.7 Å². The lowest BCUT2D eigenvalue weighted by Crippen LogP contribution is -2.25. The average molecular weight is 414 g/mol. The van der Waals surface area contributed by atoms with Crippen molar-refractivity contribution >= 4 is 39.7 Å². The Morgan fingerprint density at radius 3 is 2.90 bits per heavy atom. The molecule has 1 aromatic heterocycles. The van der Waals surface area contributed by atoms with E-state index >= 15 is 0 Å². The summed E-state index contributed by atoms with van der Waals surface area (Å²) in [5.74, 6) is 5.37. The minimum absolute atomic E-state index is 0.00291. The Labute approximate surface area is 171 Å². The zero-order valence-electron chi connectivity index (χ0n) is 15.6. The molecule has 1 aliphatic rings. The maximum atomic E-state index is 14.7. The van der Waals surface area contributed by atoms with Gasteiger partial charge in [0.1, 0.15) is 12.1 Å². The van der Waals surface area contributed by atoms with Crippen molar-refractivity contribution in [3.63, 3.8) is 0 Å². The van der Waals surface area contributed by atoms with Crippen molar-refractivity contribution in [3.8, 4) is 11.8 Å². The lowest BCUT2D eigenvalue weighted by Gasteiger charge is -2.12. The van der Waals surface area contributed by atoms with Crippen LogP contribution in [-0.2, 0) is 0 Å². The fourth-order valence-electron chi connectivity index (χ4n) is 3.29. The van der Waals surface area contributed by atoms with Gasteiger partial charge in [0.2, 0.25) is 0 Å². The van der Waals surface area contributed by atoms with Crippen molar-refractivity contribution in [2.45, 2.75) is 12.1 Å². The summed E-state index contributed by atoms with van der Waals surface area (Å²) >= 11 is 5.84. The Bertz CT molecular complexity index is 1160. The van der Waals surface area contributed by atoms with E-state index in [0.29, 0.717) is 40.9 Å². The van der Waals surface area contributed by atoms with E-state index in [4.69, 9.17) is 17.3 Å². The monoisotopic (exact) mass is 413 g/mol. The van der Waals surface area contributed by atoms with Crippen molar-refractivity contribution in [3.05, 3.63) is 53.1 Å². The number of aromatic nitrogens is 2. The molecule has 1 aliphatic heterocycles. The molecule has 1 saturated heterocycles. The number of hydrogen-bond donors (Lipinski definition) is 2. The maximum Gasteiger partial charge on any atom is 0.184 e. The first-order chi connectivity index (χ1) is 13.8. The van der Waals surface area contributed by atoms with Gasteiger partial charge in [0.05, 0.1) is 16.2 Å². The molecule has 0 unspecified atom stereocenters. The molecule has 1 atom stereocenters. The molecule has 5 nitrogen and oxygen atoms in total. The van der Waals surface area contributed by atoms with Crippen molar-refractivity contribution < 1.29 is 8.78 Å². The molecule has 0 spiro atoms. The number of hydrogen-bond acceptors (Lipinski definition) is 5. The van der Waals surface area contributed by atoms with Gasteiger partial charge in [-0.2, -0.15) is 0 Å². The van der Waals surface area contributed by atoms with Crippen LogP contribution in [0, 0.1) is 17.7 Å². The smallest absolute Gasteiger partial charge is 0.184 e. The van der Waals surface area contributed by atoms with Gasteiger partial charge in [0.15, 0.2) is 11.5 Å². The molecular formula is C21H18ClF2N5. The van der Waals surface area contributed by atoms with Gasteiger partial charge >= 0.3 is 0 Å². The predicted octanol–water partition coefficient (Wildman–Crippen LogP) is 4.14. The van der Waals surface area contributed by atoms with E-state index in [1.54, 1.807) is 24.3 Å². The SMILES string of the molecule is CN1CC[C@@](F)(C#Cc2cc3ncnc(Nc4cccc(Cl)c4F)c3cc2N)C1. The van der Waals surface area contributed by atoms with E-state index in [9.17, 15) is 8.78 Å². The molecule has 4 rings (SSSR count). The quantitative estimate of drug-likeness (QED) is 0.488. The van der Waals surface area contributed by atoms with Crippen molar-refractivity contribution in [2.75, 3.05) is 31.2 Å². The molecule has 1 fully saturated rings. The molecule has 29 heavy (non-hydrogen) atoms. The number of rotatable bonds is 2. The number of nitrogen functional groups attached to an aromatic ring is 1. The summed E-state index contributed by atoms with van der Waals surface area (Å²) in [7, 11) is 1.86. The lowest BCUT2D eigenvalue weighted by atomic mass is 10.0. The van der Waals surface area contributed by atoms with Gasteiger partial charge in [-0.3, -0.25) is 0 Å². The van der Waals surface area contributed by atoms with Crippen LogP contribution in [0.2, 0.25) is 5.02 Å². The second kappa shape index (κ2) is 7.47. The summed E-state index contributed by atoms with van der Waals surface area (Å²) in [5.41, 5.74) is 6.20. The van der Waals surface area contributed by atoms with E-state index < -0.39 is 11.5 Å². The molecule has 0 radical (unpaired) electrons. The molecule has 0 amide bonds. The second-order valence-electron chi connectivity index (χ2n) is 7.11. The summed E-state index contributed by atoms with van der Waals surface area (Å²) < 4.78 is 29.0. The Kier molecular flexibility index (Phi) is 4.99. The third kappa shape index (κ3) is 3.95. The van der Waals surface area contributed by atoms with Gasteiger partial charge in [-0.15, -0.1) is 0 Å². The van der Waals surface area contributed by atoms with Gasteiger partial charge in [0.25, 0.3) is 0 Å². The van der Waals surface area contributed by atoms with Crippen molar-refractivity contribution in [2.24, 2.45) is 0 Å². The van der Waals surface area contributed by atoms with Gasteiger partial charge in [0, 0.05) is 36.1 Å². The van der Waals surface area contributed by atoms with Gasteiger partial charge in [-0.1, -0.05) is 29.5 Å². The largest absolute Gasteiger partial charge is 0.398 e. The molecule has 8 heteroatoms. The minimum Gasteiger partial charge on any atom is -0.398 e. The molecule has 3 aromatic rings. The highest BCUT2D eigenvalue weighted by Gasteiger charge is 2.34. The summed E-state index contributed by atoms with van der Waals surface area (Å²) in [6.45, 7) is 0.940. The highest BCUT2D eigenvalue weighted by Crippen LogP contribution is 2.30. The standard InChI is InChI=1S/C21H18ClF2N5/c1-29-8-7-21(24,11-29)6-5-13-9-18-14(10-16(13)25)20(27-12-26-18)28-17-4-2-3-15(22)19(17)23/h2-4,9-10,12H,7-8,11,25H2,1H3,(H,26,27,28)/t21-/m0/s1. The van der Waals surface area contributed by atoms with Crippen LogP contribution >= 0.6 is 11.6 Å². The van der Waals surface area contributed by atoms with E-state index in [2.05, 4.69) is 27.1 Å². The summed E-state index contributed by atoms with van der Waals surface area (Å²) in [6.07, 6.45) is 1.72. The summed E-state index contributed by atoms with van der Waals surface area (Å²) in [5, 5.41) is 3.51. The Hall–Kier alpha value is -2.95. The number of fused-ring (bicyclic) bond motifs is 1. The highest BCUT2D eigenvalue weighted by atomic mass is 35.5. The fourth-order valence-corrected chi connectivity index (χ4v) is 3.47. The first-order valence-corrected chi connectivity index (χ1v) is 9.38. The number of nitrogens with two attached hydrogens (primary N) is 1. The topological polar surface area (TPSA) is 67.1 Å². The van der Waals surface area contributed by atoms with Crippen LogP contribution in [0.25, 0.3) is 10.9 Å². The number of alkyl halides is 1. The number of benzene rings is 2. The van der Waals surface area contributed by atoms with Crippen LogP contribution in [-0.4, -0.2) is 40.7 Å². The van der Waals surface area contributed by atoms with Crippen LogP contribution in [0.5, 0.6) is 0 Å². The van der Waals surface area contributed by atoms with Crippen LogP contribution in [0.3, 0.4) is 0 Å². The lowest BCUT2D eigenvalue weighted by molar-refractivity contribution is 0.246. The highest BCUT2D eigenvalue weighted by molar-refractivity contribution is 6.31. The second-order valence-corrected chi connectivity index (χ2v) is 7.52. The summed E-state index contributed by atoms with van der Waals surface area (Å²) in [4.78, 5) is 10.3. The molecule has 0 saturated carbocycles. The maximum absolute atomic E-state index is 14.7. The Balaban J connectivity index is 1.70. The number of nitrogens with one attached hydrogen (secondary N) is 1. The molecule has 3 N–H and O–H groups in total. The van der Waals surface area contributed by atoms with E-state index in [0.717, 1.165) is 0 Å². The third-order valence-corrected chi connectivity index (χ3v) is 5.13. The van der Waals surface area contributed by atoms with Crippen LogP contribution in [0.4, 0.5) is 26.0 Å². The molecule has 0 aliphatic carbocycles. The number of halogens is 3. The van der Waals surface area contributed by atoms with Crippen molar-refractivity contribution in [1.29, 1.82) is 0 Å². The normalized spacial score (nSPS) is 19.2. The molecule has 148 valence electrons. The van der Waals surface area contributed by atoms with Crippen molar-refractivity contribution in [1.82, 2.24) is 14.9 Å². The molecule has 0 bridgehead atoms. The Morgan fingerprint density at radius 1 is 1.31 bits per heavy atom. The number of anilines is 3. The first-order valence-electron chi connectivity index (χ1n) is 9.00. The number of likely N-dealkylation sites (tertiary alicyclic amines) is 1. The average Bonchev–Trinajstić information content (AvgIpc) is 3.03. The molecular weight excluding hydrogens is 396 g/mol. The first kappa shape index (κ1) is 19.4. The molecule has 2 heterocycles. The van der Waals surface area contributed by atoms with Crippen LogP contribution in [0.1, 0.15) is 12.0 Å².